The van der Waals surface area contributed by atoms with Crippen LogP contribution in [-0.4, -0.2) is 0 Å². The molecule has 0 radical (unpaired) electrons. The molecule has 0 saturated heterocycles. The minimum Gasteiger partial charge on any atom is 0 e. The van der Waals surface area contributed by atoms with Crippen LogP contribution >= 0.6 is 0 Å². The van der Waals surface area contributed by atoms with E-state index in [4.69, 9.17) is 0 Å². The maximum atomic E-state index is 1.69. The maximum Gasteiger partial charge on any atom is 0 e. The van der Waals surface area contributed by atoms with Gasteiger partial charge < -0.3 is 0 Å². The summed E-state index contributed by atoms with van der Waals surface area (Å²) >= 11 is 3.22. The second-order valence-corrected chi connectivity index (χ2v) is 0. The first-order chi connectivity index (χ1) is 1.00. The standard InChI is InChI=1S/Cr.Ni.Ta.Ti.W. The summed E-state index contributed by atoms with van der Waals surface area (Å²) < 4.78 is 0. The van der Waals surface area contributed by atoms with E-state index in [-0.39, 0.29) is 55.6 Å². The molecule has 0 aliphatic rings. The summed E-state index contributed by atoms with van der Waals surface area (Å²) in [5, 5.41) is 0. The molecule has 0 spiro atoms. The van der Waals surface area contributed by atoms with E-state index in [1.165, 1.54) is 18.0 Å². The molecular weight excluding hydrogens is 523 g/mol. The Morgan fingerprint density at radius 1 is 1.20 bits per heavy atom. The van der Waals surface area contributed by atoms with Crippen molar-refractivity contribution in [2.75, 3.05) is 0 Å². The number of rotatable bonds is 0. The molecule has 31 valence electrons. The summed E-state index contributed by atoms with van der Waals surface area (Å²) in [4.78, 5) is 0. The second kappa shape index (κ2) is 27.2. The van der Waals surface area contributed by atoms with Gasteiger partial charge in [-0.05, 0) is 0 Å². The molecule has 0 amide bonds. The quantitative estimate of drug-likeness (QED) is 0.392. The molecule has 0 aliphatic heterocycles. The van der Waals surface area contributed by atoms with Gasteiger partial charge in [0.05, 0.1) is 0 Å². The minimum absolute atomic E-state index is 0. The van der Waals surface area contributed by atoms with Gasteiger partial charge in [0.15, 0.2) is 0 Å². The average Bonchev–Trinajstić information content (AvgIpc) is 1.00. The molecule has 5 heteroatoms. The molecule has 0 bridgehead atoms. The average molecular weight is 523 g/mol. The predicted octanol–water partition coefficient (Wildman–Crippen LogP) is -0.0125. The van der Waals surface area contributed by atoms with Crippen LogP contribution in [0.2, 0.25) is 0 Å². The Labute approximate surface area is 88.3 Å². The van der Waals surface area contributed by atoms with Crippen molar-refractivity contribution < 1.29 is 90.0 Å². The molecule has 0 fully saturated rings. The first-order valence-electron chi connectivity index (χ1n) is 0.183. The van der Waals surface area contributed by atoms with E-state index < -0.39 is 0 Å². The van der Waals surface area contributed by atoms with E-state index in [1.807, 2.05) is 0 Å². The summed E-state index contributed by atoms with van der Waals surface area (Å²) in [6.45, 7) is 0. The summed E-state index contributed by atoms with van der Waals surface area (Å²) in [5.74, 6) is 0. The molecule has 0 saturated carbocycles. The molecule has 0 unspecified atom stereocenters. The monoisotopic (exact) mass is 523 g/mol. The van der Waals surface area contributed by atoms with Crippen LogP contribution in [0, 0.1) is 0 Å². The Morgan fingerprint density at radius 3 is 1.20 bits per heavy atom. The van der Waals surface area contributed by atoms with Crippen LogP contribution < -0.4 is 0 Å². The maximum absolute atomic E-state index is 1.69. The summed E-state index contributed by atoms with van der Waals surface area (Å²) in [6.07, 6.45) is 0. The zero-order valence-electron chi connectivity index (χ0n) is 2.08. The molecule has 0 aromatic heterocycles. The van der Waals surface area contributed by atoms with Crippen LogP contribution in [0.15, 0.2) is 0 Å². The van der Waals surface area contributed by atoms with Gasteiger partial charge >= 0.3 is 34.5 Å². The topological polar surface area (TPSA) is 0 Å². The fraction of sp³-hybridized carbons (Fsp3) is 0. The zero-order chi connectivity index (χ0) is 2.00. The largest absolute Gasteiger partial charge is 0 e. The molecule has 0 aliphatic carbocycles. The van der Waals surface area contributed by atoms with E-state index in [0.717, 1.165) is 0 Å². The van der Waals surface area contributed by atoms with Gasteiger partial charge in [-0.3, -0.25) is 0 Å². The van der Waals surface area contributed by atoms with Crippen molar-refractivity contribution in [1.29, 1.82) is 0 Å². The third-order valence-electron chi connectivity index (χ3n) is 0. The molecule has 0 heterocycles. The second-order valence-electron chi connectivity index (χ2n) is 0. The SMILES string of the molecule is [Cr].[Ni].[Ta][W].[Ti]. The Bertz CT molecular complexity index is 11.6. The van der Waals surface area contributed by atoms with Crippen molar-refractivity contribution in [3.8, 4) is 0 Å². The van der Waals surface area contributed by atoms with Gasteiger partial charge in [-0.25, -0.2) is 0 Å². The van der Waals surface area contributed by atoms with Crippen molar-refractivity contribution in [3.05, 3.63) is 0 Å². The van der Waals surface area contributed by atoms with Crippen LogP contribution in [0.25, 0.3) is 0 Å². The van der Waals surface area contributed by atoms with Crippen LogP contribution in [0.1, 0.15) is 0 Å². The Balaban J connectivity index is -0.00000000167. The molecular formula is CrNiTaTiW. The van der Waals surface area contributed by atoms with E-state index in [0.29, 0.717) is 0 Å². The van der Waals surface area contributed by atoms with Crippen LogP contribution in [0.3, 0.4) is 0 Å². The van der Waals surface area contributed by atoms with Crippen LogP contribution in [-0.2, 0) is 90.0 Å². The summed E-state index contributed by atoms with van der Waals surface area (Å²) in [5.41, 5.74) is 0. The number of hydrogen-bond donors (Lipinski definition) is 0. The zero-order valence-corrected chi connectivity index (χ0v) is 12.1. The Morgan fingerprint density at radius 2 is 1.20 bits per heavy atom. The predicted molar refractivity (Wildman–Crippen MR) is 0 cm³/mol. The normalized spacial score (nSPS) is 0.800. The Hall–Kier alpha value is 3.17. The third-order valence-corrected chi connectivity index (χ3v) is 0. The van der Waals surface area contributed by atoms with E-state index in [2.05, 4.69) is 0 Å². The minimum atomic E-state index is 0. The van der Waals surface area contributed by atoms with Crippen molar-refractivity contribution >= 4 is 0 Å². The van der Waals surface area contributed by atoms with Crippen molar-refractivity contribution in [2.45, 2.75) is 0 Å². The molecule has 0 atom stereocenters. The van der Waals surface area contributed by atoms with E-state index >= 15 is 0 Å². The van der Waals surface area contributed by atoms with Crippen LogP contribution in [0.5, 0.6) is 0 Å². The van der Waals surface area contributed by atoms with Crippen molar-refractivity contribution in [3.63, 3.8) is 0 Å². The van der Waals surface area contributed by atoms with E-state index in [9.17, 15) is 0 Å². The van der Waals surface area contributed by atoms with E-state index in [1.54, 1.807) is 16.5 Å². The first-order valence-corrected chi connectivity index (χ1v) is 12.2. The van der Waals surface area contributed by atoms with Gasteiger partial charge in [0.2, 0.25) is 0 Å². The fourth-order valence-corrected chi connectivity index (χ4v) is 0. The summed E-state index contributed by atoms with van der Waals surface area (Å²) in [7, 11) is 0. The molecule has 0 rings (SSSR count). The molecule has 5 heavy (non-hydrogen) atoms. The smallest absolute Gasteiger partial charge is 0 e. The van der Waals surface area contributed by atoms with Gasteiger partial charge in [-0.1, -0.05) is 0 Å². The number of hydrogen-bond acceptors (Lipinski definition) is 0. The van der Waals surface area contributed by atoms with Gasteiger partial charge in [0, 0.05) is 55.6 Å². The molecule has 0 N–H and O–H groups in total. The summed E-state index contributed by atoms with van der Waals surface area (Å²) in [6, 6.07) is 0. The molecule has 0 nitrogen and oxygen atoms in total. The first kappa shape index (κ1) is 24.2. The fourth-order valence-electron chi connectivity index (χ4n) is 0. The molecule has 0 aromatic rings. The van der Waals surface area contributed by atoms with Crippen LogP contribution in [0.4, 0.5) is 0 Å². The van der Waals surface area contributed by atoms with Crippen molar-refractivity contribution in [2.24, 2.45) is 0 Å². The van der Waals surface area contributed by atoms with Gasteiger partial charge in [-0.2, -0.15) is 0 Å². The van der Waals surface area contributed by atoms with Gasteiger partial charge in [-0.15, -0.1) is 0 Å². The Kier molecular flexibility index (Phi) is 131. The third kappa shape index (κ3) is 19.1. The van der Waals surface area contributed by atoms with Gasteiger partial charge in [0.1, 0.15) is 0 Å². The van der Waals surface area contributed by atoms with Gasteiger partial charge in [0.25, 0.3) is 0 Å². The molecule has 0 aromatic carbocycles. The van der Waals surface area contributed by atoms with Crippen molar-refractivity contribution in [1.82, 2.24) is 0 Å².